The summed E-state index contributed by atoms with van der Waals surface area (Å²) in [6, 6.07) is 7.87. The van der Waals surface area contributed by atoms with Crippen molar-refractivity contribution in [1.82, 2.24) is 9.88 Å². The van der Waals surface area contributed by atoms with Gasteiger partial charge in [0.2, 0.25) is 0 Å². The van der Waals surface area contributed by atoms with E-state index in [1.165, 1.54) is 6.07 Å². The molecule has 0 spiro atoms. The van der Waals surface area contributed by atoms with Gasteiger partial charge < -0.3 is 14.1 Å². The Labute approximate surface area is 168 Å². The third-order valence-electron chi connectivity index (χ3n) is 5.53. The number of aromatic nitrogens is 1. The summed E-state index contributed by atoms with van der Waals surface area (Å²) in [4.78, 5) is 4.81. The number of nitrogens with zero attached hydrogens (tertiary/aromatic N) is 1. The van der Waals surface area contributed by atoms with E-state index >= 15 is 0 Å². The smallest absolute Gasteiger partial charge is 0.342 e. The fraction of sp³-hybridized carbons (Fsp3) is 0.333. The molecular formula is C21H22F2N2O3S. The Morgan fingerprint density at radius 1 is 1.14 bits per heavy atom. The highest BCUT2D eigenvalue weighted by Gasteiger charge is 2.26. The number of likely N-dealkylation sites (tertiary alicyclic amines) is 1. The van der Waals surface area contributed by atoms with E-state index in [0.717, 1.165) is 66.3 Å². The molecule has 0 atom stereocenters. The number of fused-ring (bicyclic) bond motifs is 1. The van der Waals surface area contributed by atoms with Gasteiger partial charge in [0.1, 0.15) is 10.6 Å². The number of aromatic amines is 1. The van der Waals surface area contributed by atoms with Crippen LogP contribution in [0.3, 0.4) is 0 Å². The number of benzene rings is 2. The van der Waals surface area contributed by atoms with Gasteiger partial charge in [0.25, 0.3) is 0 Å². The maximum Gasteiger partial charge on any atom is 0.342 e. The molecule has 3 aromatic rings. The van der Waals surface area contributed by atoms with Crippen molar-refractivity contribution >= 4 is 21.0 Å². The van der Waals surface area contributed by atoms with E-state index in [1.807, 2.05) is 6.92 Å². The zero-order valence-corrected chi connectivity index (χ0v) is 17.0. The van der Waals surface area contributed by atoms with Gasteiger partial charge in [-0.15, -0.1) is 0 Å². The van der Waals surface area contributed by atoms with Gasteiger partial charge in [-0.05, 0) is 81.7 Å². The van der Waals surface area contributed by atoms with Gasteiger partial charge in [-0.1, -0.05) is 6.07 Å². The fourth-order valence-electron chi connectivity index (χ4n) is 4.05. The summed E-state index contributed by atoms with van der Waals surface area (Å²) >= 11 is 0. The van der Waals surface area contributed by atoms with E-state index in [0.29, 0.717) is 5.92 Å². The maximum atomic E-state index is 14.0. The Bertz CT molecular complexity index is 1170. The largest absolute Gasteiger partial charge is 0.379 e. The topological polar surface area (TPSA) is 62.4 Å². The van der Waals surface area contributed by atoms with Crippen molar-refractivity contribution in [3.63, 3.8) is 0 Å². The highest BCUT2D eigenvalue weighted by Crippen LogP contribution is 2.37. The highest BCUT2D eigenvalue weighted by molar-refractivity contribution is 7.87. The Morgan fingerprint density at radius 3 is 2.59 bits per heavy atom. The number of H-pyrrole nitrogens is 1. The molecule has 2 heterocycles. The molecule has 0 aliphatic carbocycles. The first-order valence-corrected chi connectivity index (χ1v) is 10.9. The maximum absolute atomic E-state index is 14.0. The number of piperidine rings is 1. The van der Waals surface area contributed by atoms with Gasteiger partial charge in [0.05, 0.1) is 0 Å². The van der Waals surface area contributed by atoms with Crippen molar-refractivity contribution in [3.8, 4) is 5.75 Å². The number of hydrogen-bond donors (Lipinski definition) is 1. The number of hydrogen-bond acceptors (Lipinski definition) is 4. The van der Waals surface area contributed by atoms with Crippen LogP contribution in [0.5, 0.6) is 5.75 Å². The first-order chi connectivity index (χ1) is 13.8. The number of rotatable bonds is 4. The second kappa shape index (κ2) is 7.42. The van der Waals surface area contributed by atoms with Crippen LogP contribution >= 0.6 is 0 Å². The van der Waals surface area contributed by atoms with E-state index in [2.05, 4.69) is 16.9 Å². The minimum absolute atomic E-state index is 0.0642. The summed E-state index contributed by atoms with van der Waals surface area (Å²) in [5.74, 6) is -2.25. The predicted octanol–water partition coefficient (Wildman–Crippen LogP) is 4.33. The molecule has 1 fully saturated rings. The van der Waals surface area contributed by atoms with Crippen LogP contribution in [0.25, 0.3) is 10.9 Å². The lowest BCUT2D eigenvalue weighted by atomic mass is 9.88. The molecule has 1 aliphatic heterocycles. The molecule has 4 rings (SSSR count). The van der Waals surface area contributed by atoms with Crippen molar-refractivity contribution in [3.05, 3.63) is 59.3 Å². The summed E-state index contributed by atoms with van der Waals surface area (Å²) in [5.41, 5.74) is 3.09. The number of aryl methyl sites for hydroxylation is 1. The van der Waals surface area contributed by atoms with Crippen LogP contribution in [-0.2, 0) is 10.1 Å². The quantitative estimate of drug-likeness (QED) is 0.638. The summed E-state index contributed by atoms with van der Waals surface area (Å²) in [6.07, 6.45) is 2.03. The molecule has 8 heteroatoms. The summed E-state index contributed by atoms with van der Waals surface area (Å²) < 4.78 is 57.5. The molecule has 1 N–H and O–H groups in total. The van der Waals surface area contributed by atoms with Crippen LogP contribution < -0.4 is 4.18 Å². The van der Waals surface area contributed by atoms with E-state index in [1.54, 1.807) is 12.1 Å². The second-order valence-electron chi connectivity index (χ2n) is 7.54. The van der Waals surface area contributed by atoms with Gasteiger partial charge in [0.15, 0.2) is 11.6 Å². The van der Waals surface area contributed by atoms with Crippen molar-refractivity contribution < 1.29 is 21.4 Å². The molecule has 1 aliphatic rings. The first-order valence-electron chi connectivity index (χ1n) is 9.45. The normalized spacial score (nSPS) is 16.4. The van der Waals surface area contributed by atoms with E-state index in [9.17, 15) is 17.2 Å². The van der Waals surface area contributed by atoms with Gasteiger partial charge >= 0.3 is 10.1 Å². The van der Waals surface area contributed by atoms with E-state index < -0.39 is 26.6 Å². The molecule has 29 heavy (non-hydrogen) atoms. The van der Waals surface area contributed by atoms with Crippen LogP contribution in [0.1, 0.15) is 30.0 Å². The van der Waals surface area contributed by atoms with Crippen molar-refractivity contribution in [2.24, 2.45) is 0 Å². The lowest BCUT2D eigenvalue weighted by Crippen LogP contribution is -2.29. The van der Waals surface area contributed by atoms with Gasteiger partial charge in [-0.2, -0.15) is 8.42 Å². The first kappa shape index (κ1) is 19.8. The van der Waals surface area contributed by atoms with Crippen molar-refractivity contribution in [2.75, 3.05) is 20.1 Å². The molecule has 1 aromatic heterocycles. The molecule has 0 amide bonds. The third-order valence-corrected chi connectivity index (χ3v) is 6.79. The van der Waals surface area contributed by atoms with Crippen molar-refractivity contribution in [1.29, 1.82) is 0 Å². The number of nitrogens with one attached hydrogen (secondary N) is 1. The second-order valence-corrected chi connectivity index (χ2v) is 9.05. The zero-order valence-electron chi connectivity index (χ0n) is 16.2. The third kappa shape index (κ3) is 3.74. The van der Waals surface area contributed by atoms with Crippen LogP contribution in [0, 0.1) is 18.6 Å². The average Bonchev–Trinajstić information content (AvgIpc) is 2.99. The fourth-order valence-corrected chi connectivity index (χ4v) is 5.06. The van der Waals surface area contributed by atoms with Crippen LogP contribution in [-0.4, -0.2) is 38.4 Å². The van der Waals surface area contributed by atoms with E-state index in [-0.39, 0.29) is 5.75 Å². The Morgan fingerprint density at radius 2 is 1.86 bits per heavy atom. The van der Waals surface area contributed by atoms with Crippen LogP contribution in [0.2, 0.25) is 0 Å². The molecule has 0 bridgehead atoms. The highest BCUT2D eigenvalue weighted by atomic mass is 32.2. The molecule has 0 unspecified atom stereocenters. The summed E-state index contributed by atoms with van der Waals surface area (Å²) in [7, 11) is -2.41. The zero-order chi connectivity index (χ0) is 20.8. The molecule has 154 valence electrons. The summed E-state index contributed by atoms with van der Waals surface area (Å²) in [5, 5.41) is 0.893. The predicted molar refractivity (Wildman–Crippen MR) is 107 cm³/mol. The van der Waals surface area contributed by atoms with Crippen LogP contribution in [0.4, 0.5) is 8.78 Å². The van der Waals surface area contributed by atoms with Gasteiger partial charge in [-0.25, -0.2) is 8.78 Å². The summed E-state index contributed by atoms with van der Waals surface area (Å²) in [6.45, 7) is 4.01. The molecule has 1 saturated heterocycles. The lowest BCUT2D eigenvalue weighted by Gasteiger charge is -2.29. The monoisotopic (exact) mass is 420 g/mol. The number of halogens is 2. The Kier molecular flexibility index (Phi) is 5.08. The minimum Gasteiger partial charge on any atom is -0.379 e. The molecular weight excluding hydrogens is 398 g/mol. The van der Waals surface area contributed by atoms with Crippen molar-refractivity contribution in [2.45, 2.75) is 30.6 Å². The Balaban J connectivity index is 1.70. The minimum atomic E-state index is -4.51. The SMILES string of the molecule is Cc1[nH]c2ccc(OS(=O)(=O)c3cccc(F)c3F)cc2c1C1CCN(C)CC1. The van der Waals surface area contributed by atoms with Gasteiger partial charge in [0, 0.05) is 16.6 Å². The Hall–Kier alpha value is -2.45. The lowest BCUT2D eigenvalue weighted by molar-refractivity contribution is 0.255. The molecule has 2 aromatic carbocycles. The molecule has 5 nitrogen and oxygen atoms in total. The van der Waals surface area contributed by atoms with Gasteiger partial charge in [-0.3, -0.25) is 0 Å². The molecule has 0 radical (unpaired) electrons. The standard InChI is InChI=1S/C21H22F2N2O3S/c1-13-20(14-8-10-25(2)11-9-14)16-12-15(6-7-18(16)24-13)28-29(26,27)19-5-3-4-17(22)21(19)23/h3-7,12,14,24H,8-11H2,1-2H3. The van der Waals surface area contributed by atoms with E-state index in [4.69, 9.17) is 4.18 Å². The molecule has 0 saturated carbocycles. The van der Waals surface area contributed by atoms with Crippen LogP contribution in [0.15, 0.2) is 41.3 Å². The average molecular weight is 420 g/mol.